The van der Waals surface area contributed by atoms with Gasteiger partial charge in [0.2, 0.25) is 0 Å². The molecular weight excluding hydrogens is 363 g/mol. The third-order valence-electron chi connectivity index (χ3n) is 3.03. The van der Waals surface area contributed by atoms with Gasteiger partial charge in [0, 0.05) is 0 Å². The van der Waals surface area contributed by atoms with Crippen LogP contribution in [-0.4, -0.2) is 0 Å². The SMILES string of the molecule is CCCC[CH2][Pt]([CH3])([CH3])([CH3])[C]1=C(C)C=CC1. The summed E-state index contributed by atoms with van der Waals surface area (Å²) in [6, 6.07) is 0. The Hall–Kier alpha value is 0.168. The first-order chi connectivity index (χ1) is 6.85. The van der Waals surface area contributed by atoms with Gasteiger partial charge in [0.1, 0.15) is 0 Å². The van der Waals surface area contributed by atoms with Crippen molar-refractivity contribution in [2.45, 2.75) is 60.3 Å². The molecule has 0 spiro atoms. The minimum atomic E-state index is -2.17. The molecule has 0 saturated heterocycles. The topological polar surface area (TPSA) is 0 Å². The van der Waals surface area contributed by atoms with Gasteiger partial charge in [-0.15, -0.1) is 0 Å². The molecule has 0 amide bonds. The molecule has 0 unspecified atom stereocenters. The van der Waals surface area contributed by atoms with E-state index in [4.69, 9.17) is 0 Å². The third-order valence-corrected chi connectivity index (χ3v) is 14.3. The van der Waals surface area contributed by atoms with E-state index in [2.05, 4.69) is 41.9 Å². The van der Waals surface area contributed by atoms with Crippen LogP contribution in [0.3, 0.4) is 0 Å². The number of rotatable bonds is 5. The first-order valence-corrected chi connectivity index (χ1v) is 15.2. The van der Waals surface area contributed by atoms with E-state index >= 15 is 0 Å². The van der Waals surface area contributed by atoms with Gasteiger partial charge in [-0.05, 0) is 0 Å². The molecule has 1 heteroatoms. The van der Waals surface area contributed by atoms with Crippen molar-refractivity contribution in [1.82, 2.24) is 0 Å². The normalized spacial score (nSPS) is 19.4. The fourth-order valence-corrected chi connectivity index (χ4v) is 11.7. The molecule has 0 radical (unpaired) electrons. The van der Waals surface area contributed by atoms with E-state index in [0.717, 1.165) is 0 Å². The van der Waals surface area contributed by atoms with Gasteiger partial charge in [-0.3, -0.25) is 0 Å². The molecular formula is C14H27Pt. The Kier molecular flexibility index (Phi) is 4.04. The fourth-order valence-electron chi connectivity index (χ4n) is 2.10. The molecule has 0 aromatic carbocycles. The molecule has 0 atom stereocenters. The van der Waals surface area contributed by atoms with Gasteiger partial charge in [0.25, 0.3) is 0 Å². The molecule has 0 saturated carbocycles. The van der Waals surface area contributed by atoms with Gasteiger partial charge < -0.3 is 0 Å². The van der Waals surface area contributed by atoms with Crippen molar-refractivity contribution in [3.63, 3.8) is 0 Å². The van der Waals surface area contributed by atoms with Crippen LogP contribution in [0.1, 0.15) is 39.5 Å². The van der Waals surface area contributed by atoms with Gasteiger partial charge in [-0.1, -0.05) is 0 Å². The second kappa shape index (κ2) is 4.58. The standard InChI is InChI=1S/C6H7.C5H11.3CH3.Pt/c1-6-4-2-3-5-6;1-3-5-4-2;;;;/h2,4H,3H2,1H3;1,3-5H2,2H3;3*1H3;. The first kappa shape index (κ1) is 13.2. The zero-order valence-electron chi connectivity index (χ0n) is 11.0. The van der Waals surface area contributed by atoms with Crippen molar-refractivity contribution in [3.8, 4) is 0 Å². The maximum atomic E-state index is 2.60. The Morgan fingerprint density at radius 2 is 1.87 bits per heavy atom. The third kappa shape index (κ3) is 3.31. The van der Waals surface area contributed by atoms with Crippen LogP contribution in [0.5, 0.6) is 0 Å². The summed E-state index contributed by atoms with van der Waals surface area (Å²) in [5.41, 5.74) is 1.58. The van der Waals surface area contributed by atoms with Gasteiger partial charge in [0.05, 0.1) is 0 Å². The predicted octanol–water partition coefficient (Wildman–Crippen LogP) is 5.66. The zero-order chi connectivity index (χ0) is 11.6. The maximum absolute atomic E-state index is 2.60. The van der Waals surface area contributed by atoms with Crippen LogP contribution in [-0.2, 0) is 14.8 Å². The Bertz CT molecular complexity index is 286. The Labute approximate surface area is 96.7 Å². The van der Waals surface area contributed by atoms with Crippen LogP contribution >= 0.6 is 0 Å². The fraction of sp³-hybridized carbons (Fsp3) is 0.714. The minimum absolute atomic E-state index is 1.25. The summed E-state index contributed by atoms with van der Waals surface area (Å²) in [6.07, 6.45) is 10.1. The Morgan fingerprint density at radius 1 is 1.20 bits per heavy atom. The van der Waals surface area contributed by atoms with Crippen LogP contribution in [0.25, 0.3) is 0 Å². The van der Waals surface area contributed by atoms with Gasteiger partial charge in [-0.25, -0.2) is 0 Å². The summed E-state index contributed by atoms with van der Waals surface area (Å²) in [4.78, 5) is 1.49. The van der Waals surface area contributed by atoms with Gasteiger partial charge in [0.15, 0.2) is 0 Å². The van der Waals surface area contributed by atoms with E-state index in [-0.39, 0.29) is 0 Å². The molecule has 1 aliphatic carbocycles. The van der Waals surface area contributed by atoms with E-state index < -0.39 is 14.8 Å². The average Bonchev–Trinajstić information content (AvgIpc) is 2.51. The monoisotopic (exact) mass is 390 g/mol. The second-order valence-electron chi connectivity index (χ2n) is 5.23. The number of hydrogen-bond acceptors (Lipinski definition) is 0. The van der Waals surface area contributed by atoms with Gasteiger partial charge in [-0.2, -0.15) is 0 Å². The molecule has 1 rings (SSSR count). The van der Waals surface area contributed by atoms with Crippen LogP contribution in [0.15, 0.2) is 21.7 Å². The zero-order valence-corrected chi connectivity index (χ0v) is 13.3. The van der Waals surface area contributed by atoms with E-state index in [0.29, 0.717) is 0 Å². The van der Waals surface area contributed by atoms with Crippen LogP contribution in [0, 0.1) is 0 Å². The molecule has 0 fully saturated rings. The van der Waals surface area contributed by atoms with Crippen LogP contribution < -0.4 is 0 Å². The van der Waals surface area contributed by atoms with Crippen LogP contribution in [0.4, 0.5) is 0 Å². The predicted molar refractivity (Wildman–Crippen MR) is 68.4 cm³/mol. The Balaban J connectivity index is 2.75. The quantitative estimate of drug-likeness (QED) is 0.531. The number of allylic oxidation sites excluding steroid dienone is 4. The second-order valence-corrected chi connectivity index (χ2v) is 23.6. The molecule has 93 valence electrons. The number of hydrogen-bond donors (Lipinski definition) is 0. The molecule has 1 aliphatic rings. The summed E-state index contributed by atoms with van der Waals surface area (Å²) in [7, 11) is 0. The van der Waals surface area contributed by atoms with Crippen molar-refractivity contribution >= 4 is 0 Å². The van der Waals surface area contributed by atoms with Crippen molar-refractivity contribution in [2.75, 3.05) is 0 Å². The summed E-state index contributed by atoms with van der Waals surface area (Å²) < 4.78 is 1.83. The van der Waals surface area contributed by atoms with Crippen molar-refractivity contribution < 1.29 is 14.8 Å². The van der Waals surface area contributed by atoms with E-state index in [1.807, 2.05) is 3.96 Å². The van der Waals surface area contributed by atoms with Crippen molar-refractivity contribution in [3.05, 3.63) is 21.7 Å². The first-order valence-electron chi connectivity index (χ1n) is 5.67. The van der Waals surface area contributed by atoms with Crippen molar-refractivity contribution in [1.29, 1.82) is 0 Å². The van der Waals surface area contributed by atoms with Gasteiger partial charge >= 0.3 is 96.8 Å². The van der Waals surface area contributed by atoms with E-state index in [1.54, 1.807) is 5.57 Å². The summed E-state index contributed by atoms with van der Waals surface area (Å²) in [5.74, 6) is 0. The number of unbranched alkanes of at least 4 members (excludes halogenated alkanes) is 2. The molecule has 0 aromatic heterocycles. The van der Waals surface area contributed by atoms with E-state index in [1.165, 1.54) is 30.5 Å². The summed E-state index contributed by atoms with van der Waals surface area (Å²) in [6.45, 7) is 4.60. The molecule has 0 heterocycles. The molecule has 0 aliphatic heterocycles. The Morgan fingerprint density at radius 3 is 2.33 bits per heavy atom. The molecule has 0 nitrogen and oxygen atoms in total. The average molecular weight is 390 g/mol. The van der Waals surface area contributed by atoms with Crippen LogP contribution in [0.2, 0.25) is 20.8 Å². The molecule has 0 N–H and O–H groups in total. The molecule has 15 heavy (non-hydrogen) atoms. The summed E-state index contributed by atoms with van der Waals surface area (Å²) >= 11 is -2.17. The van der Waals surface area contributed by atoms with Crippen molar-refractivity contribution in [2.24, 2.45) is 0 Å². The molecule has 0 aromatic rings. The molecule has 0 bridgehead atoms. The summed E-state index contributed by atoms with van der Waals surface area (Å²) in [5, 5.41) is 7.81. The van der Waals surface area contributed by atoms with E-state index in [9.17, 15) is 0 Å².